The molecule has 0 saturated carbocycles. The number of carbonyl (C=O) groups excluding carboxylic acids is 1. The van der Waals surface area contributed by atoms with Gasteiger partial charge in [-0.25, -0.2) is 4.79 Å². The molecule has 62 valence electrons. The summed E-state index contributed by atoms with van der Waals surface area (Å²) >= 11 is 0. The van der Waals surface area contributed by atoms with E-state index in [4.69, 9.17) is 4.74 Å². The second kappa shape index (κ2) is 3.05. The maximum Gasteiger partial charge on any atom is 0.335 e. The van der Waals surface area contributed by atoms with E-state index >= 15 is 0 Å². The van der Waals surface area contributed by atoms with Crippen LogP contribution in [0.5, 0.6) is 0 Å². The van der Waals surface area contributed by atoms with Gasteiger partial charge in [0.05, 0.1) is 6.61 Å². The van der Waals surface area contributed by atoms with Gasteiger partial charge in [0.2, 0.25) is 0 Å². The molecule has 0 aromatic heterocycles. The van der Waals surface area contributed by atoms with E-state index in [-0.39, 0.29) is 11.8 Å². The predicted molar refractivity (Wildman–Crippen MR) is 39.8 cm³/mol. The van der Waals surface area contributed by atoms with Gasteiger partial charge in [-0.3, -0.25) is 0 Å². The van der Waals surface area contributed by atoms with Crippen molar-refractivity contribution < 1.29 is 14.6 Å². The lowest BCUT2D eigenvalue weighted by Crippen LogP contribution is -2.41. The minimum atomic E-state index is -0.980. The molecular formula is C8H12O3. The van der Waals surface area contributed by atoms with Gasteiger partial charge in [0.1, 0.15) is 0 Å². The highest BCUT2D eigenvalue weighted by molar-refractivity contribution is 5.75. The van der Waals surface area contributed by atoms with Crippen LogP contribution in [0, 0.1) is 11.8 Å². The summed E-state index contributed by atoms with van der Waals surface area (Å²) in [6.45, 7) is 5.76. The highest BCUT2D eigenvalue weighted by atomic mass is 16.5. The molecule has 0 bridgehead atoms. The van der Waals surface area contributed by atoms with Crippen molar-refractivity contribution in [2.45, 2.75) is 13.0 Å². The van der Waals surface area contributed by atoms with Crippen molar-refractivity contribution in [1.29, 1.82) is 0 Å². The highest BCUT2D eigenvalue weighted by Gasteiger charge is 2.34. The molecule has 0 spiro atoms. The third-order valence-corrected chi connectivity index (χ3v) is 2.14. The Morgan fingerprint density at radius 3 is 3.00 bits per heavy atom. The first-order valence-corrected chi connectivity index (χ1v) is 3.64. The molecule has 1 fully saturated rings. The van der Waals surface area contributed by atoms with E-state index < -0.39 is 12.1 Å². The fourth-order valence-electron chi connectivity index (χ4n) is 1.15. The van der Waals surface area contributed by atoms with E-state index in [1.54, 1.807) is 6.08 Å². The van der Waals surface area contributed by atoms with Gasteiger partial charge in [-0.15, -0.1) is 6.58 Å². The summed E-state index contributed by atoms with van der Waals surface area (Å²) in [5, 5.41) is 9.23. The molecule has 3 nitrogen and oxygen atoms in total. The quantitative estimate of drug-likeness (QED) is 0.440. The minimum Gasteiger partial charge on any atom is -0.463 e. The summed E-state index contributed by atoms with van der Waals surface area (Å²) < 4.78 is 4.70. The lowest BCUT2D eigenvalue weighted by molar-refractivity contribution is -0.166. The van der Waals surface area contributed by atoms with Crippen molar-refractivity contribution in [2.24, 2.45) is 11.8 Å². The first kappa shape index (κ1) is 8.27. The first-order chi connectivity index (χ1) is 5.16. The monoisotopic (exact) mass is 156 g/mol. The zero-order valence-electron chi connectivity index (χ0n) is 6.49. The number of cyclic esters (lactones) is 1. The fourth-order valence-corrected chi connectivity index (χ4v) is 1.15. The number of aliphatic hydroxyl groups is 1. The summed E-state index contributed by atoms with van der Waals surface area (Å²) in [6, 6.07) is 0. The Kier molecular flexibility index (Phi) is 2.29. The van der Waals surface area contributed by atoms with E-state index in [1.807, 2.05) is 6.92 Å². The molecule has 1 aliphatic rings. The van der Waals surface area contributed by atoms with Crippen molar-refractivity contribution in [1.82, 2.24) is 0 Å². The Morgan fingerprint density at radius 1 is 1.82 bits per heavy atom. The maximum atomic E-state index is 10.8. The lowest BCUT2D eigenvalue weighted by Gasteiger charge is -2.29. The SMILES string of the molecule is C=C[C@H]1COC(=O)[C@H](O)[C@@H]1C. The number of hydrogen-bond donors (Lipinski definition) is 1. The largest absolute Gasteiger partial charge is 0.463 e. The van der Waals surface area contributed by atoms with Crippen LogP contribution in [0.1, 0.15) is 6.92 Å². The third-order valence-electron chi connectivity index (χ3n) is 2.14. The Balaban J connectivity index is 2.66. The van der Waals surface area contributed by atoms with Gasteiger partial charge < -0.3 is 9.84 Å². The topological polar surface area (TPSA) is 46.5 Å². The number of aliphatic hydroxyl groups excluding tert-OH is 1. The number of ether oxygens (including phenoxy) is 1. The average molecular weight is 156 g/mol. The number of carbonyl (C=O) groups is 1. The molecule has 0 unspecified atom stereocenters. The van der Waals surface area contributed by atoms with Crippen molar-refractivity contribution in [3.8, 4) is 0 Å². The third kappa shape index (κ3) is 1.43. The maximum absolute atomic E-state index is 10.8. The van der Waals surface area contributed by atoms with Crippen LogP contribution in [0.25, 0.3) is 0 Å². The molecule has 3 heteroatoms. The summed E-state index contributed by atoms with van der Waals surface area (Å²) in [7, 11) is 0. The van der Waals surface area contributed by atoms with Gasteiger partial charge in [-0.05, 0) is 0 Å². The normalized spacial score (nSPS) is 38.0. The van der Waals surface area contributed by atoms with Crippen LogP contribution in [0.4, 0.5) is 0 Å². The number of rotatable bonds is 1. The van der Waals surface area contributed by atoms with Crippen LogP contribution in [0.3, 0.4) is 0 Å². The van der Waals surface area contributed by atoms with Crippen LogP contribution >= 0.6 is 0 Å². The summed E-state index contributed by atoms with van der Waals surface area (Å²) in [5.74, 6) is -0.507. The zero-order chi connectivity index (χ0) is 8.43. The van der Waals surface area contributed by atoms with E-state index in [9.17, 15) is 9.90 Å². The van der Waals surface area contributed by atoms with Gasteiger partial charge in [0, 0.05) is 11.8 Å². The van der Waals surface area contributed by atoms with Crippen molar-refractivity contribution in [3.63, 3.8) is 0 Å². The predicted octanol–water partition coefficient (Wildman–Crippen LogP) is 0.342. The summed E-state index contributed by atoms with van der Waals surface area (Å²) in [4.78, 5) is 10.8. The van der Waals surface area contributed by atoms with E-state index in [2.05, 4.69) is 6.58 Å². The highest BCUT2D eigenvalue weighted by Crippen LogP contribution is 2.22. The van der Waals surface area contributed by atoms with E-state index in [0.717, 1.165) is 0 Å². The molecule has 0 aromatic rings. The fraction of sp³-hybridized carbons (Fsp3) is 0.625. The molecule has 1 heterocycles. The van der Waals surface area contributed by atoms with Crippen LogP contribution in [-0.2, 0) is 9.53 Å². The molecule has 3 atom stereocenters. The Hall–Kier alpha value is -0.830. The first-order valence-electron chi connectivity index (χ1n) is 3.64. The van der Waals surface area contributed by atoms with Crippen LogP contribution in [-0.4, -0.2) is 23.8 Å². The lowest BCUT2D eigenvalue weighted by atomic mass is 9.88. The van der Waals surface area contributed by atoms with Crippen molar-refractivity contribution in [2.75, 3.05) is 6.61 Å². The zero-order valence-corrected chi connectivity index (χ0v) is 6.49. The standard InChI is InChI=1S/C8H12O3/c1-3-6-4-11-8(10)7(9)5(6)2/h3,5-7,9H,1,4H2,2H3/t5-,6+,7-/m1/s1. The smallest absolute Gasteiger partial charge is 0.335 e. The number of hydrogen-bond acceptors (Lipinski definition) is 3. The van der Waals surface area contributed by atoms with Crippen molar-refractivity contribution >= 4 is 5.97 Å². The van der Waals surface area contributed by atoms with Gasteiger partial charge in [0.15, 0.2) is 6.10 Å². The molecule has 1 N–H and O–H groups in total. The van der Waals surface area contributed by atoms with Crippen LogP contribution < -0.4 is 0 Å². The Bertz CT molecular complexity index is 174. The molecule has 0 radical (unpaired) electrons. The Morgan fingerprint density at radius 2 is 2.45 bits per heavy atom. The van der Waals surface area contributed by atoms with Crippen LogP contribution in [0.2, 0.25) is 0 Å². The second-order valence-corrected chi connectivity index (χ2v) is 2.83. The molecule has 1 aliphatic heterocycles. The van der Waals surface area contributed by atoms with Gasteiger partial charge in [-0.2, -0.15) is 0 Å². The van der Waals surface area contributed by atoms with Gasteiger partial charge in [0.25, 0.3) is 0 Å². The molecule has 0 aliphatic carbocycles. The summed E-state index contributed by atoms with van der Waals surface area (Å²) in [6.07, 6.45) is 0.729. The molecule has 0 amide bonds. The number of esters is 1. The Labute approximate surface area is 65.7 Å². The van der Waals surface area contributed by atoms with Crippen molar-refractivity contribution in [3.05, 3.63) is 12.7 Å². The summed E-state index contributed by atoms with van der Waals surface area (Å²) in [5.41, 5.74) is 0. The second-order valence-electron chi connectivity index (χ2n) is 2.83. The molecule has 1 saturated heterocycles. The van der Waals surface area contributed by atoms with Gasteiger partial charge in [-0.1, -0.05) is 13.0 Å². The molecule has 1 rings (SSSR count). The molecule has 0 aromatic carbocycles. The van der Waals surface area contributed by atoms with E-state index in [1.165, 1.54) is 0 Å². The van der Waals surface area contributed by atoms with Gasteiger partial charge >= 0.3 is 5.97 Å². The molecule has 11 heavy (non-hydrogen) atoms. The van der Waals surface area contributed by atoms with E-state index in [0.29, 0.717) is 6.61 Å². The molecular weight excluding hydrogens is 144 g/mol. The average Bonchev–Trinajstić information content (AvgIpc) is 2.01. The van der Waals surface area contributed by atoms with Crippen LogP contribution in [0.15, 0.2) is 12.7 Å². The minimum absolute atomic E-state index is 0.0752.